The number of aliphatic imine (C=N–C) groups is 2. The summed E-state index contributed by atoms with van der Waals surface area (Å²) in [5.41, 5.74) is 3.61. The van der Waals surface area contributed by atoms with Gasteiger partial charge in [0.1, 0.15) is 6.67 Å². The lowest BCUT2D eigenvalue weighted by atomic mass is 9.78. The van der Waals surface area contributed by atoms with Gasteiger partial charge in [0.2, 0.25) is 5.92 Å². The molecule has 1 saturated carbocycles. The highest BCUT2D eigenvalue weighted by atomic mass is 19.4. The van der Waals surface area contributed by atoms with Crippen LogP contribution in [0.5, 0.6) is 0 Å². The van der Waals surface area contributed by atoms with Crippen LogP contribution in [0.3, 0.4) is 0 Å². The summed E-state index contributed by atoms with van der Waals surface area (Å²) in [5.74, 6) is -2.74. The molecule has 0 saturated heterocycles. The molecule has 0 heterocycles. The van der Waals surface area contributed by atoms with E-state index in [4.69, 9.17) is 0 Å². The van der Waals surface area contributed by atoms with Gasteiger partial charge in [-0.25, -0.2) is 13.2 Å². The Morgan fingerprint density at radius 3 is 2.29 bits per heavy atom. The summed E-state index contributed by atoms with van der Waals surface area (Å²) < 4.78 is 76.6. The van der Waals surface area contributed by atoms with Gasteiger partial charge < -0.3 is 0 Å². The number of alkyl halides is 6. The summed E-state index contributed by atoms with van der Waals surface area (Å²) in [6, 6.07) is 7.91. The minimum atomic E-state index is -4.61. The second-order valence-electron chi connectivity index (χ2n) is 8.68. The van der Waals surface area contributed by atoms with E-state index in [2.05, 4.69) is 16.9 Å². The molecule has 1 aliphatic carbocycles. The van der Waals surface area contributed by atoms with Gasteiger partial charge in [-0.1, -0.05) is 37.6 Å². The standard InChI is InChI=1S/C26H32F6N2/c1-4-6-24(19(3)34-18(2)22-15-25(28,29)16-22)21-10-8-20(9-11-21)7-5-14-33-17-23(12-13-27)26(30,31)32/h8-12,17,22H,4-7,13-16H2,1-3H3/b23-12+,24-19+,33-17-,34-18+. The smallest absolute Gasteiger partial charge is 0.293 e. The van der Waals surface area contributed by atoms with Gasteiger partial charge in [-0.2, -0.15) is 13.2 Å². The van der Waals surface area contributed by atoms with Crippen LogP contribution in [-0.2, 0) is 6.42 Å². The number of rotatable bonds is 11. The minimum absolute atomic E-state index is 0.138. The van der Waals surface area contributed by atoms with E-state index in [0.29, 0.717) is 25.1 Å². The van der Waals surface area contributed by atoms with Crippen LogP contribution in [0.25, 0.3) is 5.57 Å². The maximum Gasteiger partial charge on any atom is 0.417 e. The van der Waals surface area contributed by atoms with Crippen molar-refractivity contribution in [3.05, 3.63) is 52.7 Å². The van der Waals surface area contributed by atoms with Crippen molar-refractivity contribution in [3.8, 4) is 0 Å². The summed E-state index contributed by atoms with van der Waals surface area (Å²) in [4.78, 5) is 8.41. The molecule has 0 bridgehead atoms. The summed E-state index contributed by atoms with van der Waals surface area (Å²) in [6.45, 7) is 4.80. The van der Waals surface area contributed by atoms with Crippen molar-refractivity contribution in [2.75, 3.05) is 13.2 Å². The van der Waals surface area contributed by atoms with Crippen molar-refractivity contribution in [2.45, 2.75) is 71.4 Å². The molecule has 0 spiro atoms. The zero-order valence-corrected chi connectivity index (χ0v) is 19.9. The van der Waals surface area contributed by atoms with E-state index in [0.717, 1.165) is 41.0 Å². The van der Waals surface area contributed by atoms with Gasteiger partial charge in [-0.05, 0) is 55.9 Å². The molecule has 0 aromatic heterocycles. The van der Waals surface area contributed by atoms with Crippen molar-refractivity contribution in [1.82, 2.24) is 0 Å². The molecule has 1 aromatic rings. The quantitative estimate of drug-likeness (QED) is 0.171. The minimum Gasteiger partial charge on any atom is -0.293 e. The van der Waals surface area contributed by atoms with Crippen LogP contribution in [0.15, 0.2) is 51.6 Å². The van der Waals surface area contributed by atoms with Gasteiger partial charge in [-0.15, -0.1) is 0 Å². The van der Waals surface area contributed by atoms with E-state index in [1.165, 1.54) is 0 Å². The molecule has 0 aliphatic heterocycles. The fraction of sp³-hybridized carbons (Fsp3) is 0.538. The van der Waals surface area contributed by atoms with Crippen molar-refractivity contribution >= 4 is 17.5 Å². The van der Waals surface area contributed by atoms with E-state index >= 15 is 0 Å². The Morgan fingerprint density at radius 1 is 1.12 bits per heavy atom. The van der Waals surface area contributed by atoms with Gasteiger partial charge in [0.05, 0.1) is 5.57 Å². The van der Waals surface area contributed by atoms with Gasteiger partial charge >= 0.3 is 6.18 Å². The summed E-state index contributed by atoms with van der Waals surface area (Å²) in [7, 11) is 0. The van der Waals surface area contributed by atoms with Crippen molar-refractivity contribution in [2.24, 2.45) is 15.9 Å². The number of allylic oxidation sites excluding steroid dienone is 4. The molecule has 0 atom stereocenters. The number of hydrogen-bond acceptors (Lipinski definition) is 2. The van der Waals surface area contributed by atoms with Crippen LogP contribution < -0.4 is 0 Å². The molecule has 1 fully saturated rings. The third-order valence-corrected chi connectivity index (χ3v) is 5.87. The Bertz CT molecular complexity index is 916. The first-order valence-electron chi connectivity index (χ1n) is 11.5. The molecule has 0 N–H and O–H groups in total. The van der Waals surface area contributed by atoms with Gasteiger partial charge in [0.15, 0.2) is 0 Å². The first-order chi connectivity index (χ1) is 16.0. The van der Waals surface area contributed by atoms with Crippen molar-refractivity contribution < 1.29 is 26.3 Å². The molecule has 2 nitrogen and oxygen atoms in total. The van der Waals surface area contributed by atoms with E-state index < -0.39 is 24.3 Å². The first-order valence-corrected chi connectivity index (χ1v) is 11.5. The van der Waals surface area contributed by atoms with E-state index in [1.54, 1.807) is 0 Å². The molecule has 0 amide bonds. The monoisotopic (exact) mass is 486 g/mol. The lowest BCUT2D eigenvalue weighted by Gasteiger charge is -2.34. The predicted molar refractivity (Wildman–Crippen MR) is 127 cm³/mol. The average Bonchev–Trinajstić information content (AvgIpc) is 2.74. The number of aryl methyl sites for hydroxylation is 1. The molecule has 188 valence electrons. The molecule has 1 aliphatic rings. The molecule has 8 heteroatoms. The van der Waals surface area contributed by atoms with Crippen LogP contribution in [-0.4, -0.2) is 37.2 Å². The first kappa shape index (κ1) is 27.9. The number of benzene rings is 1. The highest BCUT2D eigenvalue weighted by molar-refractivity contribution is 5.87. The summed E-state index contributed by atoms with van der Waals surface area (Å²) >= 11 is 0. The zero-order chi connectivity index (χ0) is 25.4. The number of nitrogens with zero attached hydrogens (tertiary/aromatic N) is 2. The fourth-order valence-corrected chi connectivity index (χ4v) is 3.90. The maximum absolute atomic E-state index is 13.2. The SMILES string of the molecule is CCC/C(=C(C)\N=C(/C)C1CC(F)(F)C1)c1ccc(CCC/N=C\C(=C/CF)C(F)(F)F)cc1. The van der Waals surface area contributed by atoms with Crippen LogP contribution in [0.2, 0.25) is 0 Å². The Morgan fingerprint density at radius 2 is 1.76 bits per heavy atom. The maximum atomic E-state index is 13.2. The third-order valence-electron chi connectivity index (χ3n) is 5.87. The molecule has 34 heavy (non-hydrogen) atoms. The largest absolute Gasteiger partial charge is 0.417 e. The summed E-state index contributed by atoms with van der Waals surface area (Å²) in [5, 5.41) is 0. The van der Waals surface area contributed by atoms with E-state index in [-0.39, 0.29) is 25.3 Å². The van der Waals surface area contributed by atoms with Crippen LogP contribution in [0, 0.1) is 5.92 Å². The van der Waals surface area contributed by atoms with Gasteiger partial charge in [0, 0.05) is 42.9 Å². The third kappa shape index (κ3) is 8.44. The molecular formula is C26H32F6N2. The van der Waals surface area contributed by atoms with E-state index in [1.807, 2.05) is 38.1 Å². The van der Waals surface area contributed by atoms with E-state index in [9.17, 15) is 26.3 Å². The molecule has 1 aromatic carbocycles. The van der Waals surface area contributed by atoms with Gasteiger partial charge in [-0.3, -0.25) is 9.98 Å². The molecular weight excluding hydrogens is 454 g/mol. The zero-order valence-electron chi connectivity index (χ0n) is 19.9. The van der Waals surface area contributed by atoms with Crippen LogP contribution in [0.1, 0.15) is 64.0 Å². The number of halogens is 6. The highest BCUT2D eigenvalue weighted by Crippen LogP contribution is 2.43. The van der Waals surface area contributed by atoms with Crippen LogP contribution in [0.4, 0.5) is 26.3 Å². The fourth-order valence-electron chi connectivity index (χ4n) is 3.90. The lowest BCUT2D eigenvalue weighted by Crippen LogP contribution is -2.39. The molecule has 0 unspecified atom stereocenters. The second-order valence-corrected chi connectivity index (χ2v) is 8.68. The topological polar surface area (TPSA) is 24.7 Å². The number of hydrogen-bond donors (Lipinski definition) is 0. The Kier molecular flexibility index (Phi) is 10.1. The van der Waals surface area contributed by atoms with Crippen molar-refractivity contribution in [1.29, 1.82) is 0 Å². The predicted octanol–water partition coefficient (Wildman–Crippen LogP) is 8.19. The van der Waals surface area contributed by atoms with Gasteiger partial charge in [0.25, 0.3) is 0 Å². The Balaban J connectivity index is 2.00. The second kappa shape index (κ2) is 12.4. The lowest BCUT2D eigenvalue weighted by molar-refractivity contribution is -0.0911. The Labute approximate surface area is 197 Å². The average molecular weight is 487 g/mol. The van der Waals surface area contributed by atoms with Crippen LogP contribution >= 0.6 is 0 Å². The normalized spacial score (nSPS) is 18.3. The molecule has 0 radical (unpaired) electrons. The summed E-state index contributed by atoms with van der Waals surface area (Å²) in [6.07, 6.45) is -0.807. The highest BCUT2D eigenvalue weighted by Gasteiger charge is 2.46. The molecule has 2 rings (SSSR count). The Hall–Kier alpha value is -2.38. The van der Waals surface area contributed by atoms with Crippen molar-refractivity contribution in [3.63, 3.8) is 0 Å².